The van der Waals surface area contributed by atoms with Gasteiger partial charge in [-0.2, -0.15) is 10.1 Å². The summed E-state index contributed by atoms with van der Waals surface area (Å²) in [6.45, 7) is 2.53. The molecule has 0 aliphatic carbocycles. The molecule has 0 aliphatic heterocycles. The average Bonchev–Trinajstić information content (AvgIpc) is 2.69. The quantitative estimate of drug-likeness (QED) is 0.630. The topological polar surface area (TPSA) is 81.2 Å². The van der Waals surface area contributed by atoms with E-state index in [0.717, 1.165) is 16.8 Å². The minimum Gasteiger partial charge on any atom is -0.493 e. The van der Waals surface area contributed by atoms with Crippen molar-refractivity contribution in [3.63, 3.8) is 0 Å². The highest BCUT2D eigenvalue weighted by atomic mass is 35.5. The number of halogens is 1. The van der Waals surface area contributed by atoms with Gasteiger partial charge in [0.1, 0.15) is 0 Å². The van der Waals surface area contributed by atoms with Crippen molar-refractivity contribution < 1.29 is 9.47 Å². The van der Waals surface area contributed by atoms with E-state index in [9.17, 15) is 0 Å². The van der Waals surface area contributed by atoms with Crippen LogP contribution in [0.5, 0.6) is 11.5 Å². The molecule has 1 heterocycles. The summed E-state index contributed by atoms with van der Waals surface area (Å²) in [5, 5.41) is 15.0. The molecule has 3 rings (SSSR count). The van der Waals surface area contributed by atoms with E-state index in [0.29, 0.717) is 34.8 Å². The Hall–Kier alpha value is -3.06. The van der Waals surface area contributed by atoms with Gasteiger partial charge in [0, 0.05) is 17.3 Å². The Balaban J connectivity index is 1.70. The first kappa shape index (κ1) is 18.7. The van der Waals surface area contributed by atoms with E-state index in [1.54, 1.807) is 20.4 Å². The number of anilines is 3. The molecule has 1 aromatic heterocycles. The predicted octanol–water partition coefficient (Wildman–Crippen LogP) is 4.21. The molecule has 3 aromatic rings. The van der Waals surface area contributed by atoms with Crippen molar-refractivity contribution in [1.29, 1.82) is 0 Å². The fourth-order valence-electron chi connectivity index (χ4n) is 2.47. The number of methoxy groups -OCH3 is 2. The van der Waals surface area contributed by atoms with E-state index >= 15 is 0 Å². The van der Waals surface area contributed by atoms with E-state index in [1.807, 2.05) is 43.3 Å². The fraction of sp³-hybridized carbons (Fsp3) is 0.211. The van der Waals surface area contributed by atoms with Crippen LogP contribution in [-0.4, -0.2) is 29.4 Å². The third kappa shape index (κ3) is 4.77. The second-order valence-corrected chi connectivity index (χ2v) is 6.23. The number of benzene rings is 2. The van der Waals surface area contributed by atoms with Crippen molar-refractivity contribution in [3.8, 4) is 11.5 Å². The van der Waals surface area contributed by atoms with E-state index in [-0.39, 0.29) is 0 Å². The van der Waals surface area contributed by atoms with Crippen LogP contribution in [0.4, 0.5) is 17.5 Å². The van der Waals surface area contributed by atoms with Crippen molar-refractivity contribution in [2.75, 3.05) is 24.9 Å². The van der Waals surface area contributed by atoms with Gasteiger partial charge in [-0.05, 0) is 42.3 Å². The van der Waals surface area contributed by atoms with Crippen LogP contribution in [0.15, 0.2) is 42.6 Å². The van der Waals surface area contributed by atoms with Gasteiger partial charge in [-0.25, -0.2) is 0 Å². The summed E-state index contributed by atoms with van der Waals surface area (Å²) in [7, 11) is 3.22. The number of aryl methyl sites for hydroxylation is 1. The standard InChI is InChI=1S/C19H20ClN5O2/c1-12-4-6-14(20)9-15(12)23-19-24-18(11-22-25-19)21-10-13-5-7-16(26-2)17(8-13)27-3/h4-9,11H,10H2,1-3H3,(H2,21,23,24,25). The zero-order valence-corrected chi connectivity index (χ0v) is 16.0. The molecule has 0 saturated carbocycles. The Labute approximate surface area is 162 Å². The van der Waals surface area contributed by atoms with Crippen LogP contribution in [0.3, 0.4) is 0 Å². The number of nitrogens with one attached hydrogen (secondary N) is 2. The third-order valence-corrected chi connectivity index (χ3v) is 4.16. The Morgan fingerprint density at radius 2 is 1.85 bits per heavy atom. The van der Waals surface area contributed by atoms with Crippen LogP contribution < -0.4 is 20.1 Å². The largest absolute Gasteiger partial charge is 0.493 e. The van der Waals surface area contributed by atoms with E-state index in [1.165, 1.54) is 0 Å². The van der Waals surface area contributed by atoms with Gasteiger partial charge in [0.05, 0.1) is 20.4 Å². The summed E-state index contributed by atoms with van der Waals surface area (Å²) in [6, 6.07) is 11.3. The number of hydrogen-bond acceptors (Lipinski definition) is 7. The van der Waals surface area contributed by atoms with Gasteiger partial charge in [0.2, 0.25) is 5.95 Å². The Morgan fingerprint density at radius 3 is 2.63 bits per heavy atom. The fourth-order valence-corrected chi connectivity index (χ4v) is 2.65. The van der Waals surface area contributed by atoms with E-state index in [4.69, 9.17) is 21.1 Å². The van der Waals surface area contributed by atoms with Crippen molar-refractivity contribution >= 4 is 29.1 Å². The van der Waals surface area contributed by atoms with Crippen LogP contribution in [0.25, 0.3) is 0 Å². The lowest BCUT2D eigenvalue weighted by Gasteiger charge is -2.11. The molecule has 0 bridgehead atoms. The van der Waals surface area contributed by atoms with E-state index in [2.05, 4.69) is 25.8 Å². The van der Waals surface area contributed by atoms with Gasteiger partial charge in [0.25, 0.3) is 0 Å². The summed E-state index contributed by atoms with van der Waals surface area (Å²) in [4.78, 5) is 4.44. The molecule has 7 nitrogen and oxygen atoms in total. The summed E-state index contributed by atoms with van der Waals surface area (Å²) < 4.78 is 10.6. The molecule has 140 valence electrons. The van der Waals surface area contributed by atoms with Gasteiger partial charge in [-0.1, -0.05) is 23.7 Å². The number of hydrogen-bond donors (Lipinski definition) is 2. The molecule has 2 N–H and O–H groups in total. The lowest BCUT2D eigenvalue weighted by Crippen LogP contribution is -2.06. The van der Waals surface area contributed by atoms with Crippen LogP contribution >= 0.6 is 11.6 Å². The molecule has 0 spiro atoms. The molecule has 0 amide bonds. The first-order valence-corrected chi connectivity index (χ1v) is 8.64. The number of nitrogens with zero attached hydrogens (tertiary/aromatic N) is 3. The molecule has 8 heteroatoms. The van der Waals surface area contributed by atoms with Crippen molar-refractivity contribution in [1.82, 2.24) is 15.2 Å². The van der Waals surface area contributed by atoms with Gasteiger partial charge in [-0.3, -0.25) is 0 Å². The smallest absolute Gasteiger partial charge is 0.249 e. The molecule has 27 heavy (non-hydrogen) atoms. The molecule has 0 aliphatic rings. The monoisotopic (exact) mass is 385 g/mol. The Kier molecular flexibility index (Phi) is 5.93. The first-order chi connectivity index (χ1) is 13.1. The summed E-state index contributed by atoms with van der Waals surface area (Å²) in [6.07, 6.45) is 1.57. The van der Waals surface area contributed by atoms with Crippen LogP contribution in [0.1, 0.15) is 11.1 Å². The maximum absolute atomic E-state index is 6.05. The van der Waals surface area contributed by atoms with Crippen molar-refractivity contribution in [2.24, 2.45) is 0 Å². The molecule has 0 fully saturated rings. The number of aromatic nitrogens is 3. The predicted molar refractivity (Wildman–Crippen MR) is 106 cm³/mol. The number of ether oxygens (including phenoxy) is 2. The highest BCUT2D eigenvalue weighted by Crippen LogP contribution is 2.28. The lowest BCUT2D eigenvalue weighted by molar-refractivity contribution is 0.354. The highest BCUT2D eigenvalue weighted by Gasteiger charge is 2.07. The summed E-state index contributed by atoms with van der Waals surface area (Å²) in [5.74, 6) is 2.35. The molecular weight excluding hydrogens is 366 g/mol. The molecule has 0 saturated heterocycles. The second-order valence-electron chi connectivity index (χ2n) is 5.79. The minimum atomic E-state index is 0.387. The third-order valence-electron chi connectivity index (χ3n) is 3.93. The highest BCUT2D eigenvalue weighted by molar-refractivity contribution is 6.30. The average molecular weight is 386 g/mol. The maximum atomic E-state index is 6.05. The molecule has 0 atom stereocenters. The minimum absolute atomic E-state index is 0.387. The zero-order chi connectivity index (χ0) is 19.2. The lowest BCUT2D eigenvalue weighted by atomic mass is 10.2. The molecular formula is C19H20ClN5O2. The van der Waals surface area contributed by atoms with Crippen LogP contribution in [-0.2, 0) is 6.54 Å². The van der Waals surface area contributed by atoms with Gasteiger partial charge >= 0.3 is 0 Å². The van der Waals surface area contributed by atoms with Gasteiger partial charge in [0.15, 0.2) is 17.3 Å². The van der Waals surface area contributed by atoms with Crippen molar-refractivity contribution in [3.05, 3.63) is 58.7 Å². The van der Waals surface area contributed by atoms with Gasteiger partial charge < -0.3 is 20.1 Å². The normalized spacial score (nSPS) is 10.4. The second kappa shape index (κ2) is 8.55. The number of rotatable bonds is 7. The zero-order valence-electron chi connectivity index (χ0n) is 15.3. The Bertz CT molecular complexity index is 936. The van der Waals surface area contributed by atoms with Crippen LogP contribution in [0.2, 0.25) is 5.02 Å². The van der Waals surface area contributed by atoms with E-state index < -0.39 is 0 Å². The first-order valence-electron chi connectivity index (χ1n) is 8.26. The summed E-state index contributed by atoms with van der Waals surface area (Å²) in [5.41, 5.74) is 2.89. The maximum Gasteiger partial charge on any atom is 0.249 e. The Morgan fingerprint density at radius 1 is 1.04 bits per heavy atom. The SMILES string of the molecule is COc1ccc(CNc2cnnc(Nc3cc(Cl)ccc3C)n2)cc1OC. The molecule has 2 aromatic carbocycles. The van der Waals surface area contributed by atoms with Crippen LogP contribution in [0, 0.1) is 6.92 Å². The van der Waals surface area contributed by atoms with Gasteiger partial charge in [-0.15, -0.1) is 5.10 Å². The van der Waals surface area contributed by atoms with Crippen molar-refractivity contribution in [2.45, 2.75) is 13.5 Å². The molecule has 0 radical (unpaired) electrons. The summed E-state index contributed by atoms with van der Waals surface area (Å²) >= 11 is 6.05. The molecule has 0 unspecified atom stereocenters.